The third-order valence-electron chi connectivity index (χ3n) is 3.81. The van der Waals surface area contributed by atoms with Crippen molar-refractivity contribution in [3.63, 3.8) is 0 Å². The van der Waals surface area contributed by atoms with Gasteiger partial charge in [0.1, 0.15) is 6.61 Å². The maximum absolute atomic E-state index is 12.0. The average molecular weight is 356 g/mol. The number of benzene rings is 2. The summed E-state index contributed by atoms with van der Waals surface area (Å²) in [5, 5.41) is 2.93. The molecule has 1 N–H and O–H groups in total. The van der Waals surface area contributed by atoms with Crippen molar-refractivity contribution in [1.82, 2.24) is 5.32 Å². The lowest BCUT2D eigenvalue weighted by Crippen LogP contribution is -2.25. The summed E-state index contributed by atoms with van der Waals surface area (Å²) >= 11 is 1.67. The summed E-state index contributed by atoms with van der Waals surface area (Å²) in [5.41, 5.74) is 1.76. The number of amides is 2. The molecule has 0 atom stereocenters. The highest BCUT2D eigenvalue weighted by Gasteiger charge is 2.23. The molecule has 0 spiro atoms. The summed E-state index contributed by atoms with van der Waals surface area (Å²) in [5.74, 6) is 0.768. The molecule has 2 aromatic rings. The van der Waals surface area contributed by atoms with Crippen molar-refractivity contribution < 1.29 is 14.3 Å². The van der Waals surface area contributed by atoms with Gasteiger partial charge in [0.2, 0.25) is 5.91 Å². The van der Waals surface area contributed by atoms with E-state index >= 15 is 0 Å². The lowest BCUT2D eigenvalue weighted by molar-refractivity contribution is -0.120. The van der Waals surface area contributed by atoms with E-state index in [4.69, 9.17) is 4.74 Å². The minimum atomic E-state index is -0.320. The number of hydrogen-bond acceptors (Lipinski definition) is 4. The van der Waals surface area contributed by atoms with Crippen molar-refractivity contribution in [2.75, 3.05) is 23.8 Å². The Hall–Kier alpha value is -2.47. The first-order valence-corrected chi connectivity index (χ1v) is 9.19. The maximum Gasteiger partial charge on any atom is 0.414 e. The number of ether oxygens (including phenoxy) is 1. The Labute approximate surface area is 151 Å². The van der Waals surface area contributed by atoms with Gasteiger partial charge in [0.05, 0.1) is 6.54 Å². The second kappa shape index (κ2) is 8.58. The largest absolute Gasteiger partial charge is 0.447 e. The van der Waals surface area contributed by atoms with Crippen molar-refractivity contribution in [3.05, 3.63) is 60.2 Å². The molecular formula is C19H20N2O3S. The van der Waals surface area contributed by atoms with E-state index in [-0.39, 0.29) is 12.0 Å². The van der Waals surface area contributed by atoms with Crippen LogP contribution in [0, 0.1) is 0 Å². The van der Waals surface area contributed by atoms with Crippen molar-refractivity contribution in [1.29, 1.82) is 0 Å². The van der Waals surface area contributed by atoms with Gasteiger partial charge in [-0.1, -0.05) is 30.3 Å². The molecule has 25 heavy (non-hydrogen) atoms. The van der Waals surface area contributed by atoms with E-state index in [0.717, 1.165) is 17.0 Å². The fraction of sp³-hybridized carbons (Fsp3) is 0.263. The molecule has 0 aromatic heterocycles. The minimum absolute atomic E-state index is 0.0226. The number of thioether (sulfide) groups is 1. The molecule has 5 nitrogen and oxygen atoms in total. The van der Waals surface area contributed by atoms with Crippen LogP contribution >= 0.6 is 11.8 Å². The Morgan fingerprint density at radius 1 is 1.16 bits per heavy atom. The van der Waals surface area contributed by atoms with Crippen molar-refractivity contribution in [3.8, 4) is 0 Å². The second-order valence-corrected chi connectivity index (χ2v) is 6.79. The Morgan fingerprint density at radius 3 is 2.76 bits per heavy atom. The van der Waals surface area contributed by atoms with Gasteiger partial charge in [-0.2, -0.15) is 0 Å². The predicted octanol–water partition coefficient (Wildman–Crippen LogP) is 3.44. The molecule has 0 radical (unpaired) electrons. The normalized spacial score (nSPS) is 13.6. The second-order valence-electron chi connectivity index (χ2n) is 5.62. The average Bonchev–Trinajstić information content (AvgIpc) is 3.07. The highest BCUT2D eigenvalue weighted by molar-refractivity contribution is 7.99. The highest BCUT2D eigenvalue weighted by atomic mass is 32.2. The minimum Gasteiger partial charge on any atom is -0.447 e. The molecule has 0 aliphatic carbocycles. The van der Waals surface area contributed by atoms with Crippen LogP contribution in [0.2, 0.25) is 0 Å². The van der Waals surface area contributed by atoms with Gasteiger partial charge in [-0.25, -0.2) is 4.79 Å². The smallest absolute Gasteiger partial charge is 0.414 e. The van der Waals surface area contributed by atoms with Crippen molar-refractivity contribution >= 4 is 29.4 Å². The van der Waals surface area contributed by atoms with Gasteiger partial charge in [-0.3, -0.25) is 9.69 Å². The number of cyclic esters (lactones) is 1. The van der Waals surface area contributed by atoms with E-state index in [1.807, 2.05) is 54.6 Å². The molecule has 3 rings (SSSR count). The first-order valence-electron chi connectivity index (χ1n) is 8.20. The molecule has 1 heterocycles. The summed E-state index contributed by atoms with van der Waals surface area (Å²) in [6, 6.07) is 17.6. The summed E-state index contributed by atoms with van der Waals surface area (Å²) in [7, 11) is 0. The monoisotopic (exact) mass is 356 g/mol. The topological polar surface area (TPSA) is 58.6 Å². The van der Waals surface area contributed by atoms with Crippen molar-refractivity contribution in [2.45, 2.75) is 17.9 Å². The fourth-order valence-electron chi connectivity index (χ4n) is 2.53. The molecule has 0 saturated carbocycles. The van der Waals surface area contributed by atoms with Gasteiger partial charge in [0, 0.05) is 29.3 Å². The molecule has 2 amide bonds. The summed E-state index contributed by atoms with van der Waals surface area (Å²) in [6.07, 6.45) is 0.150. The van der Waals surface area contributed by atoms with E-state index in [0.29, 0.717) is 26.1 Å². The van der Waals surface area contributed by atoms with Crippen LogP contribution in [-0.4, -0.2) is 30.9 Å². The molecule has 1 aliphatic heterocycles. The van der Waals surface area contributed by atoms with Crippen LogP contribution in [0.1, 0.15) is 12.0 Å². The third kappa shape index (κ3) is 5.00. The quantitative estimate of drug-likeness (QED) is 0.772. The van der Waals surface area contributed by atoms with Crippen LogP contribution in [0.5, 0.6) is 0 Å². The third-order valence-corrected chi connectivity index (χ3v) is 4.83. The molecule has 2 aromatic carbocycles. The summed E-state index contributed by atoms with van der Waals surface area (Å²) in [6.45, 7) is 1.43. The molecular weight excluding hydrogens is 336 g/mol. The van der Waals surface area contributed by atoms with Crippen LogP contribution in [0.4, 0.5) is 10.5 Å². The molecule has 1 saturated heterocycles. The van der Waals surface area contributed by atoms with Gasteiger partial charge in [-0.05, 0) is 29.8 Å². The number of hydrogen-bond donors (Lipinski definition) is 1. The zero-order valence-electron chi connectivity index (χ0n) is 13.8. The summed E-state index contributed by atoms with van der Waals surface area (Å²) < 4.78 is 4.95. The lowest BCUT2D eigenvalue weighted by Gasteiger charge is -2.14. The van der Waals surface area contributed by atoms with Crippen LogP contribution in [0.3, 0.4) is 0 Å². The van der Waals surface area contributed by atoms with Gasteiger partial charge >= 0.3 is 6.09 Å². The van der Waals surface area contributed by atoms with E-state index in [2.05, 4.69) is 5.32 Å². The van der Waals surface area contributed by atoms with E-state index in [1.165, 1.54) is 4.90 Å². The molecule has 1 aliphatic rings. The SMILES string of the molecule is O=C(CCSc1ccccc1)NCc1cccc(N2CCOC2=O)c1. The lowest BCUT2D eigenvalue weighted by atomic mass is 10.2. The molecule has 6 heteroatoms. The predicted molar refractivity (Wildman–Crippen MR) is 98.8 cm³/mol. The zero-order valence-corrected chi connectivity index (χ0v) is 14.6. The van der Waals surface area contributed by atoms with E-state index in [9.17, 15) is 9.59 Å². The molecule has 1 fully saturated rings. The van der Waals surface area contributed by atoms with Crippen LogP contribution in [-0.2, 0) is 16.1 Å². The van der Waals surface area contributed by atoms with Crippen LogP contribution in [0.25, 0.3) is 0 Å². The van der Waals surface area contributed by atoms with Crippen LogP contribution < -0.4 is 10.2 Å². The van der Waals surface area contributed by atoms with E-state index in [1.54, 1.807) is 16.7 Å². The highest BCUT2D eigenvalue weighted by Crippen LogP contribution is 2.20. The Balaban J connectivity index is 1.45. The van der Waals surface area contributed by atoms with Gasteiger partial charge in [0.25, 0.3) is 0 Å². The number of carbonyl (C=O) groups is 2. The number of rotatable bonds is 7. The maximum atomic E-state index is 12.0. The van der Waals surface area contributed by atoms with E-state index < -0.39 is 0 Å². The first kappa shape index (κ1) is 17.4. The number of nitrogens with zero attached hydrogens (tertiary/aromatic N) is 1. The first-order chi connectivity index (χ1) is 12.2. The standard InChI is InChI=1S/C19H20N2O3S/c22-18(9-12-25-17-7-2-1-3-8-17)20-14-15-5-4-6-16(13-15)21-10-11-24-19(21)23/h1-8,13H,9-12,14H2,(H,20,22). The number of nitrogens with one attached hydrogen (secondary N) is 1. The number of anilines is 1. The zero-order chi connectivity index (χ0) is 17.5. The number of carbonyl (C=O) groups excluding carboxylic acids is 2. The Bertz CT molecular complexity index is 736. The Morgan fingerprint density at radius 2 is 2.00 bits per heavy atom. The Kier molecular flexibility index (Phi) is 5.95. The van der Waals surface area contributed by atoms with Gasteiger partial charge in [0.15, 0.2) is 0 Å². The van der Waals surface area contributed by atoms with Crippen molar-refractivity contribution in [2.24, 2.45) is 0 Å². The summed E-state index contributed by atoms with van der Waals surface area (Å²) in [4.78, 5) is 26.4. The van der Waals surface area contributed by atoms with Gasteiger partial charge < -0.3 is 10.1 Å². The molecule has 0 bridgehead atoms. The molecule has 0 unspecified atom stereocenters. The fourth-order valence-corrected chi connectivity index (χ4v) is 3.40. The van der Waals surface area contributed by atoms with Crippen LogP contribution in [0.15, 0.2) is 59.5 Å². The van der Waals surface area contributed by atoms with Gasteiger partial charge in [-0.15, -0.1) is 11.8 Å². The molecule has 130 valence electrons.